The van der Waals surface area contributed by atoms with E-state index in [1.807, 2.05) is 0 Å². The van der Waals surface area contributed by atoms with Gasteiger partial charge in [-0.3, -0.25) is 14.4 Å². The molecule has 142 valence electrons. The molecule has 0 aromatic heterocycles. The van der Waals surface area contributed by atoms with Crippen molar-refractivity contribution in [2.24, 2.45) is 11.8 Å². The van der Waals surface area contributed by atoms with Crippen molar-refractivity contribution >= 4 is 17.9 Å². The van der Waals surface area contributed by atoms with Crippen LogP contribution in [-0.2, 0) is 28.6 Å². The summed E-state index contributed by atoms with van der Waals surface area (Å²) < 4.78 is 30.5. The lowest BCUT2D eigenvalue weighted by Crippen LogP contribution is -2.33. The number of ether oxygens (including phenoxy) is 6. The fraction of sp³-hybridized carbons (Fsp3) is 0.471. The fourth-order valence-electron chi connectivity index (χ4n) is 2.90. The second-order valence-corrected chi connectivity index (χ2v) is 5.37. The van der Waals surface area contributed by atoms with Crippen LogP contribution >= 0.6 is 0 Å². The molecule has 0 unspecified atom stereocenters. The fourth-order valence-corrected chi connectivity index (χ4v) is 2.90. The lowest BCUT2D eigenvalue weighted by atomic mass is 9.87. The molecule has 1 fully saturated rings. The standard InChI is InChI=1S/C17H20O9/c1-21-9-6-8(7-10(22-2)14(9)23-3)13-11(15(18)24-4)12(16(19)25-5)17(20)26-13/h6-7,11-13H,1-5H3/t11-,12+,13+/m1/s1. The van der Waals surface area contributed by atoms with Crippen molar-refractivity contribution in [1.82, 2.24) is 0 Å². The van der Waals surface area contributed by atoms with Gasteiger partial charge in [0.25, 0.3) is 0 Å². The number of carbonyl (C=O) groups is 3. The zero-order valence-corrected chi connectivity index (χ0v) is 15.1. The quantitative estimate of drug-likeness (QED) is 0.411. The lowest BCUT2D eigenvalue weighted by Gasteiger charge is -2.20. The van der Waals surface area contributed by atoms with E-state index in [0.29, 0.717) is 22.8 Å². The van der Waals surface area contributed by atoms with E-state index in [1.165, 1.54) is 33.5 Å². The normalized spacial score (nSPS) is 21.6. The maximum atomic E-state index is 12.3. The molecule has 1 aromatic carbocycles. The molecule has 0 spiro atoms. The van der Waals surface area contributed by atoms with Crippen molar-refractivity contribution < 1.29 is 42.8 Å². The number of esters is 3. The van der Waals surface area contributed by atoms with Crippen LogP contribution in [0.4, 0.5) is 0 Å². The van der Waals surface area contributed by atoms with E-state index < -0.39 is 35.8 Å². The van der Waals surface area contributed by atoms with Crippen LogP contribution < -0.4 is 14.2 Å². The van der Waals surface area contributed by atoms with Crippen LogP contribution in [-0.4, -0.2) is 53.5 Å². The molecule has 2 rings (SSSR count). The Kier molecular flexibility index (Phi) is 5.91. The smallest absolute Gasteiger partial charge is 0.322 e. The van der Waals surface area contributed by atoms with Gasteiger partial charge in [-0.1, -0.05) is 0 Å². The Morgan fingerprint density at radius 1 is 0.885 bits per heavy atom. The minimum atomic E-state index is -1.42. The van der Waals surface area contributed by atoms with Gasteiger partial charge >= 0.3 is 17.9 Å². The van der Waals surface area contributed by atoms with Crippen LogP contribution in [0.1, 0.15) is 11.7 Å². The maximum absolute atomic E-state index is 12.3. The average molecular weight is 368 g/mol. The highest BCUT2D eigenvalue weighted by atomic mass is 16.6. The van der Waals surface area contributed by atoms with Crippen molar-refractivity contribution in [3.8, 4) is 17.2 Å². The Hall–Kier alpha value is -2.97. The third-order valence-corrected chi connectivity index (χ3v) is 4.13. The number of benzene rings is 1. The van der Waals surface area contributed by atoms with E-state index in [-0.39, 0.29) is 0 Å². The van der Waals surface area contributed by atoms with E-state index >= 15 is 0 Å². The molecule has 0 aliphatic carbocycles. The topological polar surface area (TPSA) is 107 Å². The summed E-state index contributed by atoms with van der Waals surface area (Å²) in [4.78, 5) is 36.4. The van der Waals surface area contributed by atoms with Crippen LogP contribution in [0.2, 0.25) is 0 Å². The zero-order chi connectivity index (χ0) is 19.4. The molecule has 1 heterocycles. The largest absolute Gasteiger partial charge is 0.493 e. The van der Waals surface area contributed by atoms with Crippen molar-refractivity contribution in [2.75, 3.05) is 35.5 Å². The monoisotopic (exact) mass is 368 g/mol. The number of cyclic esters (lactones) is 1. The number of hydrogen-bond donors (Lipinski definition) is 0. The summed E-state index contributed by atoms with van der Waals surface area (Å²) in [5.41, 5.74) is 0.384. The van der Waals surface area contributed by atoms with Crippen LogP contribution in [0.15, 0.2) is 12.1 Å². The third-order valence-electron chi connectivity index (χ3n) is 4.13. The predicted octanol–water partition coefficient (Wildman–Crippen LogP) is 0.889. The first-order valence-corrected chi connectivity index (χ1v) is 7.59. The first-order chi connectivity index (χ1) is 12.4. The van der Waals surface area contributed by atoms with E-state index in [9.17, 15) is 14.4 Å². The maximum Gasteiger partial charge on any atom is 0.322 e. The molecule has 1 aliphatic heterocycles. The molecule has 9 nitrogen and oxygen atoms in total. The summed E-state index contributed by atoms with van der Waals surface area (Å²) in [5.74, 6) is -4.19. The molecule has 0 radical (unpaired) electrons. The van der Waals surface area contributed by atoms with Crippen LogP contribution in [0.3, 0.4) is 0 Å². The highest BCUT2D eigenvalue weighted by Crippen LogP contribution is 2.46. The van der Waals surface area contributed by atoms with Gasteiger partial charge in [0.15, 0.2) is 17.4 Å². The van der Waals surface area contributed by atoms with Gasteiger partial charge in [0.1, 0.15) is 12.0 Å². The minimum Gasteiger partial charge on any atom is -0.493 e. The number of carbonyl (C=O) groups excluding carboxylic acids is 3. The molecule has 0 amide bonds. The molecule has 0 saturated carbocycles. The Morgan fingerprint density at radius 3 is 1.85 bits per heavy atom. The molecule has 9 heteroatoms. The minimum absolute atomic E-state index is 0.308. The highest BCUT2D eigenvalue weighted by molar-refractivity contribution is 6.01. The second kappa shape index (κ2) is 7.94. The molecular weight excluding hydrogens is 348 g/mol. The van der Waals surface area contributed by atoms with Gasteiger partial charge in [0.05, 0.1) is 35.5 Å². The van der Waals surface area contributed by atoms with Gasteiger partial charge in [-0.05, 0) is 12.1 Å². The number of rotatable bonds is 6. The number of methoxy groups -OCH3 is 5. The lowest BCUT2D eigenvalue weighted by molar-refractivity contribution is -0.159. The van der Waals surface area contributed by atoms with Gasteiger partial charge in [0.2, 0.25) is 5.75 Å². The first kappa shape index (κ1) is 19.4. The Labute approximate surface area is 150 Å². The van der Waals surface area contributed by atoms with E-state index in [1.54, 1.807) is 0 Å². The summed E-state index contributed by atoms with van der Waals surface area (Å²) in [6, 6.07) is 3.07. The van der Waals surface area contributed by atoms with Gasteiger partial charge in [0, 0.05) is 5.56 Å². The SMILES string of the molecule is COC(=O)[C@H]1C(=O)O[C@@H](c2cc(OC)c(OC)c(OC)c2)[C@@H]1C(=O)OC. The van der Waals surface area contributed by atoms with Crippen LogP contribution in [0.5, 0.6) is 17.2 Å². The van der Waals surface area contributed by atoms with Crippen LogP contribution in [0.25, 0.3) is 0 Å². The number of hydrogen-bond acceptors (Lipinski definition) is 9. The summed E-state index contributed by atoms with van der Waals surface area (Å²) in [5, 5.41) is 0. The predicted molar refractivity (Wildman–Crippen MR) is 85.9 cm³/mol. The third kappa shape index (κ3) is 3.24. The van der Waals surface area contributed by atoms with Crippen molar-refractivity contribution in [1.29, 1.82) is 0 Å². The molecule has 1 aliphatic rings. The molecular formula is C17H20O9. The van der Waals surface area contributed by atoms with E-state index in [2.05, 4.69) is 4.74 Å². The van der Waals surface area contributed by atoms with Gasteiger partial charge in [-0.2, -0.15) is 0 Å². The van der Waals surface area contributed by atoms with Gasteiger partial charge in [-0.15, -0.1) is 0 Å². The van der Waals surface area contributed by atoms with E-state index in [4.69, 9.17) is 23.7 Å². The highest BCUT2D eigenvalue weighted by Gasteiger charge is 2.54. The molecule has 26 heavy (non-hydrogen) atoms. The Bertz CT molecular complexity index is 687. The first-order valence-electron chi connectivity index (χ1n) is 7.59. The van der Waals surface area contributed by atoms with Gasteiger partial charge < -0.3 is 28.4 Å². The summed E-state index contributed by atoms with van der Waals surface area (Å²) in [7, 11) is 6.58. The molecule has 0 N–H and O–H groups in total. The zero-order valence-electron chi connectivity index (χ0n) is 15.1. The van der Waals surface area contributed by atoms with Crippen LogP contribution in [0, 0.1) is 11.8 Å². The molecule has 3 atom stereocenters. The molecule has 1 aromatic rings. The van der Waals surface area contributed by atoms with Crippen molar-refractivity contribution in [3.05, 3.63) is 17.7 Å². The molecule has 1 saturated heterocycles. The Balaban J connectivity index is 2.56. The molecule has 0 bridgehead atoms. The average Bonchev–Trinajstić information content (AvgIpc) is 3.02. The Morgan fingerprint density at radius 2 is 1.42 bits per heavy atom. The summed E-state index contributed by atoms with van der Waals surface area (Å²) in [6.07, 6.45) is -1.08. The summed E-state index contributed by atoms with van der Waals surface area (Å²) >= 11 is 0. The second-order valence-electron chi connectivity index (χ2n) is 5.37. The van der Waals surface area contributed by atoms with Gasteiger partial charge in [-0.25, -0.2) is 0 Å². The van der Waals surface area contributed by atoms with E-state index in [0.717, 1.165) is 14.2 Å². The summed E-state index contributed by atoms with van der Waals surface area (Å²) in [6.45, 7) is 0. The van der Waals surface area contributed by atoms with Crippen molar-refractivity contribution in [3.63, 3.8) is 0 Å². The van der Waals surface area contributed by atoms with Crippen molar-refractivity contribution in [2.45, 2.75) is 6.10 Å².